The smallest absolute Gasteiger partial charge is 0.0939 e. The summed E-state index contributed by atoms with van der Waals surface area (Å²) in [6.45, 7) is 5.45. The molecule has 2 nitrogen and oxygen atoms in total. The van der Waals surface area contributed by atoms with E-state index in [1.165, 1.54) is 6.42 Å². The fourth-order valence-corrected chi connectivity index (χ4v) is 1.29. The Morgan fingerprint density at radius 3 is 2.64 bits per heavy atom. The first-order valence-electron chi connectivity index (χ1n) is 3.99. The van der Waals surface area contributed by atoms with Crippen LogP contribution in [-0.4, -0.2) is 12.4 Å². The van der Waals surface area contributed by atoms with Crippen LogP contribution in [0, 0.1) is 11.8 Å². The fraction of sp³-hybridized carbons (Fsp3) is 0.875. The molecule has 3 heteroatoms. The first-order chi connectivity index (χ1) is 4.70. The van der Waals surface area contributed by atoms with Gasteiger partial charge in [-0.1, -0.05) is 13.8 Å². The molecule has 11 heavy (non-hydrogen) atoms. The number of aliphatic imine (C=N–C) groups is 1. The summed E-state index contributed by atoms with van der Waals surface area (Å²) >= 11 is 0. The lowest BCUT2D eigenvalue weighted by Gasteiger charge is -2.14. The molecule has 2 N–H and O–H groups in total. The van der Waals surface area contributed by atoms with Crippen LogP contribution < -0.4 is 5.73 Å². The lowest BCUT2D eigenvalue weighted by molar-refractivity contribution is 0.389. The summed E-state index contributed by atoms with van der Waals surface area (Å²) < 4.78 is 0. The van der Waals surface area contributed by atoms with Crippen molar-refractivity contribution in [3.8, 4) is 0 Å². The molecule has 0 fully saturated rings. The van der Waals surface area contributed by atoms with E-state index in [4.69, 9.17) is 5.73 Å². The molecule has 0 bridgehead atoms. The molecule has 1 aliphatic heterocycles. The van der Waals surface area contributed by atoms with Crippen LogP contribution in [0.4, 0.5) is 0 Å². The van der Waals surface area contributed by atoms with Crippen LogP contribution in [0.25, 0.3) is 0 Å². The Balaban J connectivity index is 0.000001000. The van der Waals surface area contributed by atoms with E-state index >= 15 is 0 Å². The number of hydrogen-bond donors (Lipinski definition) is 1. The van der Waals surface area contributed by atoms with E-state index in [0.29, 0.717) is 5.92 Å². The molecule has 1 heterocycles. The zero-order chi connectivity index (χ0) is 7.56. The Labute approximate surface area is 74.7 Å². The number of rotatable bonds is 0. The van der Waals surface area contributed by atoms with Gasteiger partial charge in [0.15, 0.2) is 0 Å². The van der Waals surface area contributed by atoms with E-state index in [2.05, 4.69) is 18.8 Å². The molecule has 0 saturated heterocycles. The maximum absolute atomic E-state index is 5.64. The van der Waals surface area contributed by atoms with Crippen molar-refractivity contribution in [2.24, 2.45) is 22.6 Å². The summed E-state index contributed by atoms with van der Waals surface area (Å²) in [7, 11) is 0. The molecule has 0 aromatic rings. The van der Waals surface area contributed by atoms with E-state index in [1.54, 1.807) is 0 Å². The molecule has 66 valence electrons. The van der Waals surface area contributed by atoms with Crippen LogP contribution in [-0.2, 0) is 0 Å². The quantitative estimate of drug-likeness (QED) is 0.601. The van der Waals surface area contributed by atoms with Gasteiger partial charge >= 0.3 is 0 Å². The Morgan fingerprint density at radius 2 is 2.00 bits per heavy atom. The molecule has 0 aliphatic carbocycles. The molecule has 0 amide bonds. The largest absolute Gasteiger partial charge is 0.387 e. The maximum atomic E-state index is 5.64. The Hall–Kier alpha value is -0.240. The average Bonchev–Trinajstić information content (AvgIpc) is 1.96. The minimum Gasteiger partial charge on any atom is -0.387 e. The zero-order valence-corrected chi connectivity index (χ0v) is 8.03. The van der Waals surface area contributed by atoms with Crippen molar-refractivity contribution in [3.05, 3.63) is 0 Å². The molecule has 0 aromatic heterocycles. The Morgan fingerprint density at radius 1 is 1.36 bits per heavy atom. The highest BCUT2D eigenvalue weighted by Crippen LogP contribution is 2.20. The van der Waals surface area contributed by atoms with Gasteiger partial charge in [0.2, 0.25) is 0 Å². The summed E-state index contributed by atoms with van der Waals surface area (Å²) in [5.41, 5.74) is 5.64. The van der Waals surface area contributed by atoms with Gasteiger partial charge in [0.05, 0.1) is 5.84 Å². The summed E-state index contributed by atoms with van der Waals surface area (Å²) in [5, 5.41) is 0. The molecular formula is C8H17ClN2. The third-order valence-electron chi connectivity index (χ3n) is 2.40. The average molecular weight is 177 g/mol. The van der Waals surface area contributed by atoms with Gasteiger partial charge in [0.1, 0.15) is 0 Å². The van der Waals surface area contributed by atoms with Crippen molar-refractivity contribution in [1.29, 1.82) is 0 Å². The van der Waals surface area contributed by atoms with Crippen LogP contribution >= 0.6 is 12.4 Å². The van der Waals surface area contributed by atoms with E-state index in [9.17, 15) is 0 Å². The first kappa shape index (κ1) is 10.8. The van der Waals surface area contributed by atoms with Crippen LogP contribution in [0.5, 0.6) is 0 Å². The predicted molar refractivity (Wildman–Crippen MR) is 51.3 cm³/mol. The first-order valence-corrected chi connectivity index (χ1v) is 3.99. The highest BCUT2D eigenvalue weighted by molar-refractivity contribution is 5.85. The molecule has 1 rings (SSSR count). The highest BCUT2D eigenvalue weighted by atomic mass is 35.5. The number of amidine groups is 1. The van der Waals surface area contributed by atoms with Crippen molar-refractivity contribution in [2.75, 3.05) is 6.54 Å². The summed E-state index contributed by atoms with van der Waals surface area (Å²) in [6, 6.07) is 0. The molecule has 2 atom stereocenters. The lowest BCUT2D eigenvalue weighted by Crippen LogP contribution is -2.16. The van der Waals surface area contributed by atoms with Gasteiger partial charge in [-0.05, 0) is 18.3 Å². The number of nitrogens with two attached hydrogens (primary N) is 1. The second-order valence-electron chi connectivity index (χ2n) is 3.32. The standard InChI is InChI=1S/C8H16N2.ClH/c1-6-3-4-10-8(9)5-7(6)2;/h6-7H,3-5H2,1-2H3,(H2,9,10);1H. The minimum atomic E-state index is 0. The molecule has 1 aliphatic rings. The van der Waals surface area contributed by atoms with E-state index in [0.717, 1.165) is 24.7 Å². The molecular weight excluding hydrogens is 160 g/mol. The molecule has 0 aromatic carbocycles. The highest BCUT2D eigenvalue weighted by Gasteiger charge is 2.15. The van der Waals surface area contributed by atoms with Gasteiger partial charge in [-0.15, -0.1) is 12.4 Å². The SMILES string of the molecule is CC1CCN=C(N)CC1C.Cl. The predicted octanol–water partition coefficient (Wildman–Crippen LogP) is 1.83. The third-order valence-corrected chi connectivity index (χ3v) is 2.40. The Bertz CT molecular complexity index is 145. The normalized spacial score (nSPS) is 31.6. The second kappa shape index (κ2) is 4.60. The Kier molecular flexibility index (Phi) is 4.50. The van der Waals surface area contributed by atoms with Gasteiger partial charge in [0.25, 0.3) is 0 Å². The zero-order valence-electron chi connectivity index (χ0n) is 7.21. The number of nitrogens with zero attached hydrogens (tertiary/aromatic N) is 1. The fourth-order valence-electron chi connectivity index (χ4n) is 1.29. The van der Waals surface area contributed by atoms with Crippen molar-refractivity contribution in [2.45, 2.75) is 26.7 Å². The number of hydrogen-bond acceptors (Lipinski definition) is 2. The number of halogens is 1. The van der Waals surface area contributed by atoms with Crippen molar-refractivity contribution in [1.82, 2.24) is 0 Å². The van der Waals surface area contributed by atoms with E-state index < -0.39 is 0 Å². The van der Waals surface area contributed by atoms with Gasteiger partial charge < -0.3 is 5.73 Å². The topological polar surface area (TPSA) is 38.4 Å². The van der Waals surface area contributed by atoms with Crippen LogP contribution in [0.3, 0.4) is 0 Å². The second-order valence-corrected chi connectivity index (χ2v) is 3.32. The van der Waals surface area contributed by atoms with Crippen molar-refractivity contribution in [3.63, 3.8) is 0 Å². The lowest BCUT2D eigenvalue weighted by atomic mass is 9.91. The third kappa shape index (κ3) is 3.10. The molecule has 2 unspecified atom stereocenters. The van der Waals surface area contributed by atoms with Crippen LogP contribution in [0.1, 0.15) is 26.7 Å². The van der Waals surface area contributed by atoms with Crippen molar-refractivity contribution >= 4 is 18.2 Å². The van der Waals surface area contributed by atoms with Crippen LogP contribution in [0.2, 0.25) is 0 Å². The monoisotopic (exact) mass is 176 g/mol. The molecule has 0 spiro atoms. The minimum absolute atomic E-state index is 0. The van der Waals surface area contributed by atoms with E-state index in [-0.39, 0.29) is 12.4 Å². The van der Waals surface area contributed by atoms with E-state index in [1.807, 2.05) is 0 Å². The van der Waals surface area contributed by atoms with Crippen LogP contribution in [0.15, 0.2) is 4.99 Å². The summed E-state index contributed by atoms with van der Waals surface area (Å²) in [6.07, 6.45) is 2.18. The van der Waals surface area contributed by atoms with Gasteiger partial charge in [0, 0.05) is 13.0 Å². The molecule has 0 saturated carbocycles. The summed E-state index contributed by atoms with van der Waals surface area (Å²) in [4.78, 5) is 4.22. The maximum Gasteiger partial charge on any atom is 0.0939 e. The molecule has 0 radical (unpaired) electrons. The van der Waals surface area contributed by atoms with Crippen molar-refractivity contribution < 1.29 is 0 Å². The van der Waals surface area contributed by atoms with Gasteiger partial charge in [-0.2, -0.15) is 0 Å². The summed E-state index contributed by atoms with van der Waals surface area (Å²) in [5.74, 6) is 2.34. The van der Waals surface area contributed by atoms with Gasteiger partial charge in [-0.3, -0.25) is 4.99 Å². The van der Waals surface area contributed by atoms with Gasteiger partial charge in [-0.25, -0.2) is 0 Å².